The molecule has 0 N–H and O–H groups in total. The van der Waals surface area contributed by atoms with Crippen LogP contribution >= 0.6 is 0 Å². The van der Waals surface area contributed by atoms with E-state index in [1.165, 1.54) is 66.9 Å². The molecule has 0 unspecified atom stereocenters. The maximum absolute atomic E-state index is 2.56. The van der Waals surface area contributed by atoms with E-state index in [0.717, 1.165) is 17.1 Å². The molecule has 0 radical (unpaired) electrons. The van der Waals surface area contributed by atoms with E-state index in [1.54, 1.807) is 0 Å². The molecule has 0 fully saturated rings. The predicted molar refractivity (Wildman–Crippen MR) is 226 cm³/mol. The number of fused-ring (bicyclic) bond motifs is 7. The lowest BCUT2D eigenvalue weighted by Gasteiger charge is -2.48. The highest BCUT2D eigenvalue weighted by molar-refractivity contribution is 7.03. The van der Waals surface area contributed by atoms with Crippen LogP contribution in [0.25, 0.3) is 0 Å². The minimum atomic E-state index is -0.0119. The Morgan fingerprint density at radius 2 is 0.623 bits per heavy atom. The molecule has 246 valence electrons. The van der Waals surface area contributed by atoms with Crippen molar-refractivity contribution >= 4 is 97.4 Å². The number of benzene rings is 8. The Hall–Kier alpha value is -6.71. The molecular formula is C48H33B2N3. The van der Waals surface area contributed by atoms with Crippen LogP contribution in [0.1, 0.15) is 0 Å². The number of anilines is 9. The molecule has 0 bridgehead atoms. The van der Waals surface area contributed by atoms with Crippen LogP contribution in [-0.2, 0) is 0 Å². The van der Waals surface area contributed by atoms with Gasteiger partial charge in [-0.25, -0.2) is 0 Å². The van der Waals surface area contributed by atoms with Crippen LogP contribution in [0.2, 0.25) is 0 Å². The van der Waals surface area contributed by atoms with Crippen LogP contribution in [0.3, 0.4) is 0 Å². The lowest BCUT2D eigenvalue weighted by Crippen LogP contribution is -2.66. The summed E-state index contributed by atoms with van der Waals surface area (Å²) in [7, 11) is 0. The molecule has 0 aliphatic carbocycles. The summed E-state index contributed by atoms with van der Waals surface area (Å²) in [6.07, 6.45) is 0. The Balaban J connectivity index is 1.36. The third kappa shape index (κ3) is 4.44. The van der Waals surface area contributed by atoms with Gasteiger partial charge < -0.3 is 14.7 Å². The SMILES string of the molecule is c1ccc(B2c3ccccc3N(c3ccccc3)c3cc4c5c(c32)N(c2ccccc2)c2ccccc2B5c2ccccc2N4c2ccccc2)cc1. The van der Waals surface area contributed by atoms with E-state index < -0.39 is 0 Å². The smallest absolute Gasteiger partial charge is 0.252 e. The van der Waals surface area contributed by atoms with Gasteiger partial charge in [0.05, 0.1) is 0 Å². The topological polar surface area (TPSA) is 9.72 Å². The average molecular weight is 673 g/mol. The van der Waals surface area contributed by atoms with Crippen molar-refractivity contribution in [2.75, 3.05) is 14.7 Å². The molecule has 11 rings (SSSR count). The first-order valence-corrected chi connectivity index (χ1v) is 18.4. The largest absolute Gasteiger partial charge is 0.312 e. The highest BCUT2D eigenvalue weighted by atomic mass is 15.2. The molecule has 5 heteroatoms. The second-order valence-corrected chi connectivity index (χ2v) is 14.1. The van der Waals surface area contributed by atoms with Crippen LogP contribution in [0.4, 0.5) is 51.2 Å². The fourth-order valence-electron chi connectivity index (χ4n) is 9.22. The van der Waals surface area contributed by atoms with Gasteiger partial charge in [-0.3, -0.25) is 0 Å². The Labute approximate surface area is 311 Å². The fraction of sp³-hybridized carbons (Fsp3) is 0. The molecule has 3 heterocycles. The van der Waals surface area contributed by atoms with Gasteiger partial charge in [-0.15, -0.1) is 0 Å². The van der Waals surface area contributed by atoms with Crippen molar-refractivity contribution in [2.45, 2.75) is 0 Å². The third-order valence-corrected chi connectivity index (χ3v) is 11.3. The molecule has 8 aromatic rings. The minimum Gasteiger partial charge on any atom is -0.312 e. The molecule has 0 aromatic heterocycles. The summed E-state index contributed by atoms with van der Waals surface area (Å²) in [6.45, 7) is 0.0264. The minimum absolute atomic E-state index is 0.0119. The van der Waals surface area contributed by atoms with Crippen molar-refractivity contribution in [2.24, 2.45) is 0 Å². The van der Waals surface area contributed by atoms with Crippen molar-refractivity contribution < 1.29 is 0 Å². The lowest BCUT2D eigenvalue weighted by molar-refractivity contribution is 1.23. The molecule has 3 aliphatic rings. The number of para-hydroxylation sites is 6. The van der Waals surface area contributed by atoms with Gasteiger partial charge >= 0.3 is 0 Å². The maximum atomic E-state index is 2.56. The number of hydrogen-bond acceptors (Lipinski definition) is 3. The first-order valence-electron chi connectivity index (χ1n) is 18.4. The van der Waals surface area contributed by atoms with E-state index in [0.29, 0.717) is 0 Å². The molecule has 0 saturated carbocycles. The fourth-order valence-corrected chi connectivity index (χ4v) is 9.22. The van der Waals surface area contributed by atoms with Crippen LogP contribution in [0, 0.1) is 0 Å². The number of hydrogen-bond donors (Lipinski definition) is 0. The Bertz CT molecular complexity index is 2640. The summed E-state index contributed by atoms with van der Waals surface area (Å²) in [6, 6.07) is 73.5. The highest BCUT2D eigenvalue weighted by Gasteiger charge is 2.48. The Kier molecular flexibility index (Phi) is 6.75. The molecule has 0 spiro atoms. The molecule has 53 heavy (non-hydrogen) atoms. The zero-order valence-corrected chi connectivity index (χ0v) is 29.0. The zero-order chi connectivity index (χ0) is 34.9. The first kappa shape index (κ1) is 30.0. The van der Waals surface area contributed by atoms with E-state index in [2.05, 4.69) is 215 Å². The third-order valence-electron chi connectivity index (χ3n) is 11.3. The van der Waals surface area contributed by atoms with E-state index in [4.69, 9.17) is 0 Å². The summed E-state index contributed by atoms with van der Waals surface area (Å²) in [5.74, 6) is 0. The van der Waals surface area contributed by atoms with Crippen LogP contribution < -0.4 is 47.5 Å². The maximum Gasteiger partial charge on any atom is 0.252 e. The van der Waals surface area contributed by atoms with Crippen LogP contribution in [0.15, 0.2) is 200 Å². The van der Waals surface area contributed by atoms with E-state index in [1.807, 2.05) is 0 Å². The molecule has 3 aliphatic heterocycles. The van der Waals surface area contributed by atoms with Gasteiger partial charge in [0.25, 0.3) is 6.71 Å². The van der Waals surface area contributed by atoms with Gasteiger partial charge in [0.1, 0.15) is 0 Å². The van der Waals surface area contributed by atoms with E-state index in [-0.39, 0.29) is 13.4 Å². The van der Waals surface area contributed by atoms with Crippen LogP contribution in [-0.4, -0.2) is 13.4 Å². The van der Waals surface area contributed by atoms with Crippen molar-refractivity contribution in [1.29, 1.82) is 0 Å². The second-order valence-electron chi connectivity index (χ2n) is 14.1. The zero-order valence-electron chi connectivity index (χ0n) is 29.0. The van der Waals surface area contributed by atoms with E-state index in [9.17, 15) is 0 Å². The second kappa shape index (κ2) is 11.9. The molecular weight excluding hydrogens is 640 g/mol. The van der Waals surface area contributed by atoms with Crippen molar-refractivity contribution in [3.8, 4) is 0 Å². The number of rotatable bonds is 4. The normalized spacial score (nSPS) is 13.5. The number of nitrogens with zero attached hydrogens (tertiary/aromatic N) is 3. The van der Waals surface area contributed by atoms with E-state index >= 15 is 0 Å². The average Bonchev–Trinajstić information content (AvgIpc) is 3.24. The predicted octanol–water partition coefficient (Wildman–Crippen LogP) is 8.07. The molecule has 3 nitrogen and oxygen atoms in total. The van der Waals surface area contributed by atoms with Crippen molar-refractivity contribution in [1.82, 2.24) is 0 Å². The Morgan fingerprint density at radius 1 is 0.283 bits per heavy atom. The lowest BCUT2D eigenvalue weighted by atomic mass is 9.30. The van der Waals surface area contributed by atoms with Gasteiger partial charge in [0.2, 0.25) is 6.71 Å². The standard InChI is InChI=1S/C48H33B2N3/c1-5-19-34(20-6-1)49-38-27-13-16-30-41(38)51(35-21-7-2-8-22-35)44-33-45-47-48(46(44)49)53(37-25-11-4-12-26-37)43-32-18-15-29-40(43)50(47)39-28-14-17-31-42(39)52(45)36-23-9-3-10-24-36/h1-33H. The van der Waals surface area contributed by atoms with Gasteiger partial charge in [0, 0.05) is 51.2 Å². The summed E-state index contributed by atoms with van der Waals surface area (Å²) in [5.41, 5.74) is 18.6. The quantitative estimate of drug-likeness (QED) is 0.175. The Morgan fingerprint density at radius 3 is 1.09 bits per heavy atom. The first-order chi connectivity index (χ1) is 26.4. The summed E-state index contributed by atoms with van der Waals surface area (Å²) < 4.78 is 0. The summed E-state index contributed by atoms with van der Waals surface area (Å²) in [4.78, 5) is 7.57. The monoisotopic (exact) mass is 673 g/mol. The van der Waals surface area contributed by atoms with Gasteiger partial charge in [-0.05, 0) is 88.0 Å². The van der Waals surface area contributed by atoms with Crippen LogP contribution in [0.5, 0.6) is 0 Å². The van der Waals surface area contributed by atoms with Crippen molar-refractivity contribution in [3.63, 3.8) is 0 Å². The molecule has 0 atom stereocenters. The summed E-state index contributed by atoms with van der Waals surface area (Å²) >= 11 is 0. The van der Waals surface area contributed by atoms with Crippen molar-refractivity contribution in [3.05, 3.63) is 200 Å². The molecule has 0 saturated heterocycles. The molecule has 0 amide bonds. The summed E-state index contributed by atoms with van der Waals surface area (Å²) in [5, 5.41) is 0. The van der Waals surface area contributed by atoms with Gasteiger partial charge in [-0.2, -0.15) is 0 Å². The van der Waals surface area contributed by atoms with Gasteiger partial charge in [-0.1, -0.05) is 145 Å². The molecule has 8 aromatic carbocycles. The van der Waals surface area contributed by atoms with Gasteiger partial charge in [0.15, 0.2) is 0 Å². The highest BCUT2D eigenvalue weighted by Crippen LogP contribution is 2.48.